The predicted octanol–water partition coefficient (Wildman–Crippen LogP) is 2.75. The van der Waals surface area contributed by atoms with Crippen LogP contribution in [0.5, 0.6) is 0 Å². The standard InChI is InChI=1S/C17H15F2NO3/c1-11-4-2-3-5-12(11)9-20-16(21)10-23-17(22)13-6-14(18)8-15(19)7-13/h2-8H,9-10H2,1H3,(H,20,21). The minimum Gasteiger partial charge on any atom is -0.452 e. The van der Waals surface area contributed by atoms with E-state index in [0.29, 0.717) is 12.6 Å². The minimum atomic E-state index is -0.963. The topological polar surface area (TPSA) is 55.4 Å². The van der Waals surface area contributed by atoms with Crippen molar-refractivity contribution in [1.29, 1.82) is 0 Å². The summed E-state index contributed by atoms with van der Waals surface area (Å²) in [7, 11) is 0. The second-order valence-electron chi connectivity index (χ2n) is 4.94. The maximum atomic E-state index is 13.0. The number of carbonyl (C=O) groups is 2. The zero-order valence-corrected chi connectivity index (χ0v) is 12.4. The third-order valence-electron chi connectivity index (χ3n) is 3.17. The van der Waals surface area contributed by atoms with E-state index in [1.54, 1.807) is 0 Å². The molecule has 2 aromatic rings. The maximum absolute atomic E-state index is 13.0. The van der Waals surface area contributed by atoms with Gasteiger partial charge in [0.15, 0.2) is 6.61 Å². The van der Waals surface area contributed by atoms with Crippen LogP contribution in [0.1, 0.15) is 21.5 Å². The Hall–Kier alpha value is -2.76. The Kier molecular flexibility index (Phi) is 5.41. The quantitative estimate of drug-likeness (QED) is 0.862. The number of carbonyl (C=O) groups excluding carboxylic acids is 2. The van der Waals surface area contributed by atoms with Crippen molar-refractivity contribution in [2.24, 2.45) is 0 Å². The lowest BCUT2D eigenvalue weighted by molar-refractivity contribution is -0.124. The van der Waals surface area contributed by atoms with E-state index in [2.05, 4.69) is 5.32 Å². The number of esters is 1. The maximum Gasteiger partial charge on any atom is 0.338 e. The summed E-state index contributed by atoms with van der Waals surface area (Å²) < 4.78 is 30.7. The molecule has 0 fully saturated rings. The molecule has 0 aliphatic rings. The van der Waals surface area contributed by atoms with E-state index >= 15 is 0 Å². The highest BCUT2D eigenvalue weighted by molar-refractivity contribution is 5.91. The first-order chi connectivity index (χ1) is 11.0. The normalized spacial score (nSPS) is 10.2. The number of aryl methyl sites for hydroxylation is 1. The Labute approximate surface area is 132 Å². The second-order valence-corrected chi connectivity index (χ2v) is 4.94. The molecule has 1 amide bonds. The summed E-state index contributed by atoms with van der Waals surface area (Å²) in [6, 6.07) is 9.86. The monoisotopic (exact) mass is 319 g/mol. The first-order valence-corrected chi connectivity index (χ1v) is 6.90. The summed E-state index contributed by atoms with van der Waals surface area (Å²) >= 11 is 0. The molecule has 0 spiro atoms. The van der Waals surface area contributed by atoms with Crippen molar-refractivity contribution in [3.63, 3.8) is 0 Å². The molecular formula is C17H15F2NO3. The first-order valence-electron chi connectivity index (χ1n) is 6.90. The number of benzene rings is 2. The molecule has 0 saturated heterocycles. The summed E-state index contributed by atoms with van der Waals surface area (Å²) in [5, 5.41) is 2.61. The van der Waals surface area contributed by atoms with Gasteiger partial charge in [0, 0.05) is 12.6 Å². The second kappa shape index (κ2) is 7.49. The van der Waals surface area contributed by atoms with Gasteiger partial charge in [-0.05, 0) is 30.2 Å². The summed E-state index contributed by atoms with van der Waals surface area (Å²) in [5.74, 6) is -3.24. The van der Waals surface area contributed by atoms with Crippen molar-refractivity contribution >= 4 is 11.9 Å². The highest BCUT2D eigenvalue weighted by Crippen LogP contribution is 2.09. The van der Waals surface area contributed by atoms with Crippen molar-refractivity contribution in [2.75, 3.05) is 6.61 Å². The van der Waals surface area contributed by atoms with E-state index in [1.807, 2.05) is 31.2 Å². The smallest absolute Gasteiger partial charge is 0.338 e. The molecule has 0 atom stereocenters. The molecule has 0 saturated carbocycles. The van der Waals surface area contributed by atoms with Crippen LogP contribution in [-0.4, -0.2) is 18.5 Å². The molecule has 0 bridgehead atoms. The van der Waals surface area contributed by atoms with E-state index < -0.39 is 30.1 Å². The molecule has 120 valence electrons. The van der Waals surface area contributed by atoms with Crippen molar-refractivity contribution in [1.82, 2.24) is 5.32 Å². The van der Waals surface area contributed by atoms with E-state index in [-0.39, 0.29) is 5.56 Å². The van der Waals surface area contributed by atoms with E-state index in [1.165, 1.54) is 0 Å². The SMILES string of the molecule is Cc1ccccc1CNC(=O)COC(=O)c1cc(F)cc(F)c1. The number of ether oxygens (including phenoxy) is 1. The van der Waals surface area contributed by atoms with Crippen LogP contribution in [0.2, 0.25) is 0 Å². The first kappa shape index (κ1) is 16.6. The van der Waals surface area contributed by atoms with Crippen molar-refractivity contribution in [2.45, 2.75) is 13.5 Å². The molecule has 0 aromatic heterocycles. The summed E-state index contributed by atoms with van der Waals surface area (Å²) in [6.45, 7) is 1.69. The van der Waals surface area contributed by atoms with E-state index in [0.717, 1.165) is 23.3 Å². The number of halogens is 2. The van der Waals surface area contributed by atoms with Gasteiger partial charge in [-0.15, -0.1) is 0 Å². The van der Waals surface area contributed by atoms with Crippen LogP contribution in [0.4, 0.5) is 8.78 Å². The zero-order valence-electron chi connectivity index (χ0n) is 12.4. The van der Waals surface area contributed by atoms with Gasteiger partial charge in [-0.2, -0.15) is 0 Å². The van der Waals surface area contributed by atoms with Gasteiger partial charge in [0.1, 0.15) is 11.6 Å². The summed E-state index contributed by atoms with van der Waals surface area (Å²) in [5.41, 5.74) is 1.69. The van der Waals surface area contributed by atoms with Gasteiger partial charge in [-0.3, -0.25) is 4.79 Å². The zero-order chi connectivity index (χ0) is 16.8. The Morgan fingerprint density at radius 2 is 1.74 bits per heavy atom. The minimum absolute atomic E-state index is 0.283. The van der Waals surface area contributed by atoms with Gasteiger partial charge >= 0.3 is 5.97 Å². The molecule has 0 radical (unpaired) electrons. The lowest BCUT2D eigenvalue weighted by Crippen LogP contribution is -2.28. The van der Waals surface area contributed by atoms with E-state index in [4.69, 9.17) is 4.74 Å². The number of hydrogen-bond acceptors (Lipinski definition) is 3. The molecule has 0 heterocycles. The highest BCUT2D eigenvalue weighted by atomic mass is 19.1. The fraction of sp³-hybridized carbons (Fsp3) is 0.176. The Bertz CT molecular complexity index is 711. The molecule has 0 aliphatic carbocycles. The Morgan fingerprint density at radius 3 is 2.39 bits per heavy atom. The van der Waals surface area contributed by atoms with E-state index in [9.17, 15) is 18.4 Å². The number of rotatable bonds is 5. The molecule has 1 N–H and O–H groups in total. The third-order valence-corrected chi connectivity index (χ3v) is 3.17. The van der Waals surface area contributed by atoms with Crippen LogP contribution in [0.25, 0.3) is 0 Å². The molecule has 6 heteroatoms. The van der Waals surface area contributed by atoms with Gasteiger partial charge in [0.05, 0.1) is 5.56 Å². The van der Waals surface area contributed by atoms with Crippen LogP contribution in [0.15, 0.2) is 42.5 Å². The fourth-order valence-electron chi connectivity index (χ4n) is 1.94. The van der Waals surface area contributed by atoms with Crippen molar-refractivity contribution in [3.8, 4) is 0 Å². The van der Waals surface area contributed by atoms with Gasteiger partial charge in [0.2, 0.25) is 0 Å². The largest absolute Gasteiger partial charge is 0.452 e. The molecule has 2 aromatic carbocycles. The van der Waals surface area contributed by atoms with Crippen LogP contribution in [-0.2, 0) is 16.1 Å². The Balaban J connectivity index is 1.84. The van der Waals surface area contributed by atoms with Gasteiger partial charge < -0.3 is 10.1 Å². The van der Waals surface area contributed by atoms with Crippen LogP contribution < -0.4 is 5.32 Å². The van der Waals surface area contributed by atoms with Crippen molar-refractivity contribution in [3.05, 3.63) is 70.8 Å². The molecule has 4 nitrogen and oxygen atoms in total. The lowest BCUT2D eigenvalue weighted by Gasteiger charge is -2.08. The van der Waals surface area contributed by atoms with Gasteiger partial charge in [0.25, 0.3) is 5.91 Å². The molecule has 2 rings (SSSR count). The van der Waals surface area contributed by atoms with Crippen LogP contribution in [0, 0.1) is 18.6 Å². The summed E-state index contributed by atoms with van der Waals surface area (Å²) in [6.07, 6.45) is 0. The average Bonchev–Trinajstić information content (AvgIpc) is 2.51. The molecular weight excluding hydrogens is 304 g/mol. The molecule has 0 aliphatic heterocycles. The number of nitrogens with one attached hydrogen (secondary N) is 1. The lowest BCUT2D eigenvalue weighted by atomic mass is 10.1. The number of amides is 1. The van der Waals surface area contributed by atoms with Gasteiger partial charge in [-0.25, -0.2) is 13.6 Å². The Morgan fingerprint density at radius 1 is 1.09 bits per heavy atom. The van der Waals surface area contributed by atoms with Crippen LogP contribution >= 0.6 is 0 Å². The average molecular weight is 319 g/mol. The highest BCUT2D eigenvalue weighted by Gasteiger charge is 2.12. The third kappa shape index (κ3) is 4.88. The predicted molar refractivity (Wildman–Crippen MR) is 79.7 cm³/mol. The number of hydrogen-bond donors (Lipinski definition) is 1. The summed E-state index contributed by atoms with van der Waals surface area (Å²) in [4.78, 5) is 23.3. The molecule has 23 heavy (non-hydrogen) atoms. The van der Waals surface area contributed by atoms with Crippen molar-refractivity contribution < 1.29 is 23.1 Å². The molecule has 0 unspecified atom stereocenters. The van der Waals surface area contributed by atoms with Crippen LogP contribution in [0.3, 0.4) is 0 Å². The fourth-order valence-corrected chi connectivity index (χ4v) is 1.94. The van der Waals surface area contributed by atoms with Gasteiger partial charge in [-0.1, -0.05) is 24.3 Å².